The molecule has 0 bridgehead atoms. The number of nitrogens with one attached hydrogen (secondary N) is 1. The fourth-order valence-electron chi connectivity index (χ4n) is 1.60. The topological polar surface area (TPSA) is 87.5 Å². The van der Waals surface area contributed by atoms with Gasteiger partial charge < -0.3 is 15.3 Å². The lowest BCUT2D eigenvalue weighted by Gasteiger charge is -2.22. The van der Waals surface area contributed by atoms with Crippen molar-refractivity contribution < 1.29 is 14.7 Å². The van der Waals surface area contributed by atoms with E-state index in [1.54, 1.807) is 19.3 Å². The molecule has 0 aliphatic carbocycles. The van der Waals surface area contributed by atoms with Crippen LogP contribution >= 0.6 is 0 Å². The number of hydrogen-bond acceptors (Lipinski definition) is 3. The second-order valence-electron chi connectivity index (χ2n) is 4.00. The number of carbonyl (C=O) groups is 2. The van der Waals surface area contributed by atoms with E-state index in [4.69, 9.17) is 0 Å². The quantitative estimate of drug-likeness (QED) is 0.744. The molecule has 104 valence electrons. The highest BCUT2D eigenvalue weighted by atomic mass is 16.4. The predicted octanol–water partition coefficient (Wildman–Crippen LogP) is 0.763. The number of carbonyl (C=O) groups excluding carboxylic acids is 1. The standard InChI is InChI=1S/C12H18N4O3/c1-4-6-16(5-2)12(19)14-10(11(17)18)9-7-13-15(3)8-9/h4,7-8,10H,1,5-6H2,2-3H3,(H,14,19)(H,17,18). The predicted molar refractivity (Wildman–Crippen MR) is 69.6 cm³/mol. The van der Waals surface area contributed by atoms with Gasteiger partial charge in [-0.2, -0.15) is 5.10 Å². The van der Waals surface area contributed by atoms with Crippen LogP contribution < -0.4 is 5.32 Å². The van der Waals surface area contributed by atoms with E-state index >= 15 is 0 Å². The number of aromatic nitrogens is 2. The second-order valence-corrected chi connectivity index (χ2v) is 4.00. The summed E-state index contributed by atoms with van der Waals surface area (Å²) in [6.45, 7) is 6.20. The zero-order chi connectivity index (χ0) is 14.4. The molecule has 0 spiro atoms. The summed E-state index contributed by atoms with van der Waals surface area (Å²) >= 11 is 0. The molecule has 0 saturated carbocycles. The summed E-state index contributed by atoms with van der Waals surface area (Å²) in [5.41, 5.74) is 0.429. The molecule has 0 aliphatic heterocycles. The number of nitrogens with zero attached hydrogens (tertiary/aromatic N) is 3. The van der Waals surface area contributed by atoms with Gasteiger partial charge in [0.25, 0.3) is 0 Å². The average Bonchev–Trinajstić information content (AvgIpc) is 2.78. The largest absolute Gasteiger partial charge is 0.479 e. The SMILES string of the molecule is C=CCN(CC)C(=O)NC(C(=O)O)c1cnn(C)c1. The van der Waals surface area contributed by atoms with Gasteiger partial charge in [-0.15, -0.1) is 6.58 Å². The summed E-state index contributed by atoms with van der Waals surface area (Å²) in [4.78, 5) is 24.6. The summed E-state index contributed by atoms with van der Waals surface area (Å²) in [6, 6.07) is -1.56. The Bertz CT molecular complexity index is 469. The Labute approximate surface area is 111 Å². The zero-order valence-corrected chi connectivity index (χ0v) is 11.0. The molecule has 7 heteroatoms. The molecule has 19 heavy (non-hydrogen) atoms. The van der Waals surface area contributed by atoms with E-state index < -0.39 is 18.0 Å². The first-order valence-electron chi connectivity index (χ1n) is 5.87. The van der Waals surface area contributed by atoms with Crippen LogP contribution in [0.25, 0.3) is 0 Å². The number of rotatable bonds is 6. The Balaban J connectivity index is 2.82. The highest BCUT2D eigenvalue weighted by molar-refractivity contribution is 5.83. The van der Waals surface area contributed by atoms with Crippen LogP contribution in [-0.4, -0.2) is 44.9 Å². The molecule has 2 N–H and O–H groups in total. The number of carboxylic acid groups (broad SMARTS) is 1. The average molecular weight is 266 g/mol. The minimum atomic E-state index is -1.13. The lowest BCUT2D eigenvalue weighted by atomic mass is 10.1. The van der Waals surface area contributed by atoms with E-state index in [1.165, 1.54) is 15.8 Å². The van der Waals surface area contributed by atoms with Crippen LogP contribution in [0.1, 0.15) is 18.5 Å². The summed E-state index contributed by atoms with van der Waals surface area (Å²) < 4.78 is 1.48. The zero-order valence-electron chi connectivity index (χ0n) is 11.0. The molecule has 0 aromatic carbocycles. The van der Waals surface area contributed by atoms with Crippen molar-refractivity contribution in [1.29, 1.82) is 0 Å². The molecular weight excluding hydrogens is 248 g/mol. The van der Waals surface area contributed by atoms with Crippen molar-refractivity contribution in [2.45, 2.75) is 13.0 Å². The molecule has 1 heterocycles. The Hall–Kier alpha value is -2.31. The van der Waals surface area contributed by atoms with E-state index in [2.05, 4.69) is 17.0 Å². The fraction of sp³-hybridized carbons (Fsp3) is 0.417. The third kappa shape index (κ3) is 3.84. The summed E-state index contributed by atoms with van der Waals surface area (Å²) in [7, 11) is 1.68. The van der Waals surface area contributed by atoms with Gasteiger partial charge in [0.15, 0.2) is 6.04 Å². The van der Waals surface area contributed by atoms with Gasteiger partial charge in [-0.3, -0.25) is 4.68 Å². The Morgan fingerprint density at radius 2 is 2.37 bits per heavy atom. The Morgan fingerprint density at radius 3 is 2.79 bits per heavy atom. The second kappa shape index (κ2) is 6.58. The lowest BCUT2D eigenvalue weighted by Crippen LogP contribution is -2.43. The van der Waals surface area contributed by atoms with Gasteiger partial charge in [0.1, 0.15) is 0 Å². The Morgan fingerprint density at radius 1 is 1.68 bits per heavy atom. The van der Waals surface area contributed by atoms with Crippen LogP contribution in [0.2, 0.25) is 0 Å². The van der Waals surface area contributed by atoms with Crippen molar-refractivity contribution in [3.05, 3.63) is 30.6 Å². The first-order chi connectivity index (χ1) is 8.99. The lowest BCUT2D eigenvalue weighted by molar-refractivity contribution is -0.139. The van der Waals surface area contributed by atoms with E-state index in [1.807, 2.05) is 6.92 Å². The number of aryl methyl sites for hydroxylation is 1. The Kier molecular flexibility index (Phi) is 5.11. The molecular formula is C12H18N4O3. The molecule has 7 nitrogen and oxygen atoms in total. The summed E-state index contributed by atoms with van der Waals surface area (Å²) in [6.07, 6.45) is 4.56. The maximum atomic E-state index is 11.9. The molecule has 1 unspecified atom stereocenters. The van der Waals surface area contributed by atoms with Crippen molar-refractivity contribution in [3.63, 3.8) is 0 Å². The molecule has 0 radical (unpaired) electrons. The summed E-state index contributed by atoms with van der Waals surface area (Å²) in [5.74, 6) is -1.13. The maximum Gasteiger partial charge on any atom is 0.331 e. The van der Waals surface area contributed by atoms with Crippen molar-refractivity contribution in [2.24, 2.45) is 7.05 Å². The number of carboxylic acids is 1. The number of aliphatic carboxylic acids is 1. The van der Waals surface area contributed by atoms with Crippen molar-refractivity contribution in [1.82, 2.24) is 20.0 Å². The van der Waals surface area contributed by atoms with Crippen LogP contribution in [0, 0.1) is 0 Å². The monoisotopic (exact) mass is 266 g/mol. The maximum absolute atomic E-state index is 11.9. The van der Waals surface area contributed by atoms with E-state index in [-0.39, 0.29) is 0 Å². The van der Waals surface area contributed by atoms with Crippen LogP contribution in [0.5, 0.6) is 0 Å². The van der Waals surface area contributed by atoms with Gasteiger partial charge in [0, 0.05) is 31.9 Å². The normalized spacial score (nSPS) is 11.7. The van der Waals surface area contributed by atoms with Gasteiger partial charge >= 0.3 is 12.0 Å². The highest BCUT2D eigenvalue weighted by Gasteiger charge is 2.25. The minimum absolute atomic E-state index is 0.363. The number of amides is 2. The first kappa shape index (κ1) is 14.7. The van der Waals surface area contributed by atoms with Crippen LogP contribution in [-0.2, 0) is 11.8 Å². The van der Waals surface area contributed by atoms with Gasteiger partial charge in [0.2, 0.25) is 0 Å². The molecule has 1 rings (SSSR count). The molecule has 1 aromatic heterocycles. The summed E-state index contributed by atoms with van der Waals surface area (Å²) in [5, 5.41) is 15.5. The van der Waals surface area contributed by atoms with Crippen LogP contribution in [0.3, 0.4) is 0 Å². The number of likely N-dealkylation sites (N-methyl/N-ethyl adjacent to an activating group) is 1. The van der Waals surface area contributed by atoms with Crippen LogP contribution in [0.4, 0.5) is 4.79 Å². The first-order valence-corrected chi connectivity index (χ1v) is 5.87. The molecule has 0 saturated heterocycles. The van der Waals surface area contributed by atoms with Crippen molar-refractivity contribution in [2.75, 3.05) is 13.1 Å². The van der Waals surface area contributed by atoms with Crippen molar-refractivity contribution in [3.8, 4) is 0 Å². The number of hydrogen-bond donors (Lipinski definition) is 2. The third-order valence-electron chi connectivity index (χ3n) is 2.59. The molecule has 0 aliphatic rings. The van der Waals surface area contributed by atoms with Gasteiger partial charge in [-0.05, 0) is 6.92 Å². The molecule has 2 amide bonds. The van der Waals surface area contributed by atoms with Crippen LogP contribution in [0.15, 0.2) is 25.0 Å². The van der Waals surface area contributed by atoms with E-state index in [0.717, 1.165) is 0 Å². The van der Waals surface area contributed by atoms with Gasteiger partial charge in [-0.25, -0.2) is 9.59 Å². The minimum Gasteiger partial charge on any atom is -0.479 e. The van der Waals surface area contributed by atoms with E-state index in [0.29, 0.717) is 18.7 Å². The smallest absolute Gasteiger partial charge is 0.331 e. The third-order valence-corrected chi connectivity index (χ3v) is 2.59. The van der Waals surface area contributed by atoms with Gasteiger partial charge in [0.05, 0.1) is 6.20 Å². The fourth-order valence-corrected chi connectivity index (χ4v) is 1.60. The van der Waals surface area contributed by atoms with Gasteiger partial charge in [-0.1, -0.05) is 6.08 Å². The molecule has 1 atom stereocenters. The molecule has 0 fully saturated rings. The van der Waals surface area contributed by atoms with Crippen molar-refractivity contribution >= 4 is 12.0 Å². The highest BCUT2D eigenvalue weighted by Crippen LogP contribution is 2.12. The number of urea groups is 1. The molecule has 1 aromatic rings. The van der Waals surface area contributed by atoms with E-state index in [9.17, 15) is 14.7 Å².